The molecule has 106 valence electrons. The molecule has 0 aliphatic heterocycles. The molecule has 0 amide bonds. The molecule has 1 aromatic heterocycles. The molecule has 0 spiro atoms. The summed E-state index contributed by atoms with van der Waals surface area (Å²) in [5.41, 5.74) is 6.70. The third-order valence-corrected chi connectivity index (χ3v) is 4.27. The number of rotatable bonds is 4. The highest BCUT2D eigenvalue weighted by Crippen LogP contribution is 2.35. The van der Waals surface area contributed by atoms with E-state index in [0.717, 1.165) is 11.5 Å². The zero-order valence-electron chi connectivity index (χ0n) is 12.3. The van der Waals surface area contributed by atoms with Crippen LogP contribution < -0.4 is 5.73 Å². The van der Waals surface area contributed by atoms with E-state index in [0.29, 0.717) is 30.4 Å². The normalized spacial score (nSPS) is 27.7. The van der Waals surface area contributed by atoms with Crippen molar-refractivity contribution in [3.05, 3.63) is 23.9 Å². The van der Waals surface area contributed by atoms with E-state index in [4.69, 9.17) is 10.5 Å². The Hall–Kier alpha value is -1.09. The topological polar surface area (TPSA) is 48.1 Å². The Balaban J connectivity index is 1.93. The molecule has 1 saturated carbocycles. The molecule has 1 aliphatic carbocycles. The average molecular weight is 262 g/mol. The maximum atomic E-state index is 6.17. The van der Waals surface area contributed by atoms with Crippen LogP contribution in [0.1, 0.15) is 45.6 Å². The molecule has 1 fully saturated rings. The first kappa shape index (κ1) is 14.3. The molecule has 2 N–H and O–H groups in total. The van der Waals surface area contributed by atoms with Gasteiger partial charge in [-0.2, -0.15) is 0 Å². The molecule has 1 heterocycles. The van der Waals surface area contributed by atoms with Gasteiger partial charge in [0.05, 0.1) is 12.7 Å². The van der Waals surface area contributed by atoms with Crippen molar-refractivity contribution in [2.45, 2.75) is 52.7 Å². The Kier molecular flexibility index (Phi) is 4.81. The second kappa shape index (κ2) is 6.38. The third-order valence-electron chi connectivity index (χ3n) is 4.27. The van der Waals surface area contributed by atoms with Crippen LogP contribution >= 0.6 is 0 Å². The predicted octanol–water partition coefficient (Wildman–Crippen LogP) is 3.64. The van der Waals surface area contributed by atoms with E-state index >= 15 is 0 Å². The maximum absolute atomic E-state index is 6.17. The van der Waals surface area contributed by atoms with Crippen LogP contribution in [0, 0.1) is 17.8 Å². The number of nitrogens with zero attached hydrogens (tertiary/aromatic N) is 1. The number of aromatic nitrogens is 1. The van der Waals surface area contributed by atoms with Gasteiger partial charge in [-0.25, -0.2) is 4.98 Å². The second-order valence-electron chi connectivity index (χ2n) is 6.27. The third kappa shape index (κ3) is 3.93. The van der Waals surface area contributed by atoms with Gasteiger partial charge in [0.1, 0.15) is 5.82 Å². The number of nitrogen functional groups attached to an aromatic ring is 1. The summed E-state index contributed by atoms with van der Waals surface area (Å²) in [5.74, 6) is 2.74. The minimum absolute atomic E-state index is 0.390. The average Bonchev–Trinajstić information content (AvgIpc) is 2.38. The number of hydrogen-bond donors (Lipinski definition) is 1. The Morgan fingerprint density at radius 2 is 2.16 bits per heavy atom. The van der Waals surface area contributed by atoms with Crippen LogP contribution in [0.3, 0.4) is 0 Å². The van der Waals surface area contributed by atoms with Gasteiger partial charge in [0.25, 0.3) is 0 Å². The molecule has 0 saturated heterocycles. The van der Waals surface area contributed by atoms with Gasteiger partial charge in [-0.1, -0.05) is 33.3 Å². The van der Waals surface area contributed by atoms with E-state index in [-0.39, 0.29) is 0 Å². The molecule has 1 aromatic rings. The lowest BCUT2D eigenvalue weighted by Crippen LogP contribution is -2.34. The molecule has 0 radical (unpaired) electrons. The Morgan fingerprint density at radius 3 is 2.79 bits per heavy atom. The van der Waals surface area contributed by atoms with Crippen molar-refractivity contribution in [1.82, 2.24) is 4.98 Å². The van der Waals surface area contributed by atoms with E-state index < -0.39 is 0 Å². The molecular weight excluding hydrogens is 236 g/mol. The minimum atomic E-state index is 0.390. The smallest absolute Gasteiger partial charge is 0.123 e. The van der Waals surface area contributed by atoms with Crippen molar-refractivity contribution in [3.8, 4) is 0 Å². The summed E-state index contributed by atoms with van der Waals surface area (Å²) in [6, 6.07) is 3.83. The predicted molar refractivity (Wildman–Crippen MR) is 78.6 cm³/mol. The molecule has 0 bridgehead atoms. The first-order valence-corrected chi connectivity index (χ1v) is 7.38. The standard InChI is InChI=1S/C16H26N2O/c1-11(2)14-6-4-12(3)8-15(14)19-10-13-5-7-16(17)18-9-13/h5,7,9,11-12,14-15H,4,6,8,10H2,1-3H3,(H2,17,18). The van der Waals surface area contributed by atoms with Crippen LogP contribution in [0.5, 0.6) is 0 Å². The Labute approximate surface area is 116 Å². The molecular formula is C16H26N2O. The first-order chi connectivity index (χ1) is 9.06. The van der Waals surface area contributed by atoms with Crippen LogP contribution in [0.25, 0.3) is 0 Å². The fourth-order valence-corrected chi connectivity index (χ4v) is 3.03. The molecule has 3 nitrogen and oxygen atoms in total. The highest BCUT2D eigenvalue weighted by atomic mass is 16.5. The fourth-order valence-electron chi connectivity index (χ4n) is 3.03. The van der Waals surface area contributed by atoms with E-state index in [2.05, 4.69) is 25.8 Å². The van der Waals surface area contributed by atoms with Gasteiger partial charge in [-0.05, 0) is 42.2 Å². The number of anilines is 1. The minimum Gasteiger partial charge on any atom is -0.384 e. The lowest BCUT2D eigenvalue weighted by atomic mass is 9.75. The van der Waals surface area contributed by atoms with Gasteiger partial charge in [-0.15, -0.1) is 0 Å². The lowest BCUT2D eigenvalue weighted by molar-refractivity contribution is -0.0473. The summed E-state index contributed by atoms with van der Waals surface area (Å²) in [4.78, 5) is 4.11. The summed E-state index contributed by atoms with van der Waals surface area (Å²) in [6.07, 6.45) is 6.02. The van der Waals surface area contributed by atoms with Crippen molar-refractivity contribution >= 4 is 5.82 Å². The van der Waals surface area contributed by atoms with Crippen molar-refractivity contribution in [2.75, 3.05) is 5.73 Å². The monoisotopic (exact) mass is 262 g/mol. The number of nitrogens with two attached hydrogens (primary N) is 1. The van der Waals surface area contributed by atoms with Crippen LogP contribution in [0.15, 0.2) is 18.3 Å². The van der Waals surface area contributed by atoms with Crippen LogP contribution in [0.4, 0.5) is 5.82 Å². The van der Waals surface area contributed by atoms with Crippen molar-refractivity contribution in [3.63, 3.8) is 0 Å². The highest BCUT2D eigenvalue weighted by molar-refractivity contribution is 5.28. The molecule has 0 aromatic carbocycles. The Bertz CT molecular complexity index is 388. The van der Waals surface area contributed by atoms with Crippen molar-refractivity contribution in [1.29, 1.82) is 0 Å². The second-order valence-corrected chi connectivity index (χ2v) is 6.27. The van der Waals surface area contributed by atoms with E-state index in [1.807, 2.05) is 18.3 Å². The zero-order valence-corrected chi connectivity index (χ0v) is 12.3. The Morgan fingerprint density at radius 1 is 1.37 bits per heavy atom. The molecule has 3 atom stereocenters. The SMILES string of the molecule is CC1CCC(C(C)C)C(OCc2ccc(N)nc2)C1. The van der Waals surface area contributed by atoms with Crippen LogP contribution in [0.2, 0.25) is 0 Å². The summed E-state index contributed by atoms with van der Waals surface area (Å²) in [6.45, 7) is 7.59. The zero-order chi connectivity index (χ0) is 13.8. The summed E-state index contributed by atoms with van der Waals surface area (Å²) in [5, 5.41) is 0. The van der Waals surface area contributed by atoms with Crippen molar-refractivity contribution < 1.29 is 4.74 Å². The molecule has 2 rings (SSSR count). The quantitative estimate of drug-likeness (QED) is 0.901. The van der Waals surface area contributed by atoms with Gasteiger partial charge >= 0.3 is 0 Å². The molecule has 19 heavy (non-hydrogen) atoms. The lowest BCUT2D eigenvalue weighted by Gasteiger charge is -2.37. The maximum Gasteiger partial charge on any atom is 0.123 e. The molecule has 1 aliphatic rings. The summed E-state index contributed by atoms with van der Waals surface area (Å²) >= 11 is 0. The van der Waals surface area contributed by atoms with Crippen molar-refractivity contribution in [2.24, 2.45) is 17.8 Å². The van der Waals surface area contributed by atoms with Gasteiger partial charge < -0.3 is 10.5 Å². The van der Waals surface area contributed by atoms with Gasteiger partial charge in [0.15, 0.2) is 0 Å². The molecule has 3 unspecified atom stereocenters. The van der Waals surface area contributed by atoms with Crippen LogP contribution in [-0.2, 0) is 11.3 Å². The fraction of sp³-hybridized carbons (Fsp3) is 0.688. The molecule has 3 heteroatoms. The number of hydrogen-bond acceptors (Lipinski definition) is 3. The number of ether oxygens (including phenoxy) is 1. The van der Waals surface area contributed by atoms with E-state index in [1.54, 1.807) is 0 Å². The highest BCUT2D eigenvalue weighted by Gasteiger charge is 2.31. The van der Waals surface area contributed by atoms with Crippen LogP contribution in [-0.4, -0.2) is 11.1 Å². The van der Waals surface area contributed by atoms with Gasteiger partial charge in [-0.3, -0.25) is 0 Å². The van der Waals surface area contributed by atoms with E-state index in [9.17, 15) is 0 Å². The van der Waals surface area contributed by atoms with Gasteiger partial charge in [0.2, 0.25) is 0 Å². The summed E-state index contributed by atoms with van der Waals surface area (Å²) < 4.78 is 6.17. The summed E-state index contributed by atoms with van der Waals surface area (Å²) in [7, 11) is 0. The first-order valence-electron chi connectivity index (χ1n) is 7.38. The largest absolute Gasteiger partial charge is 0.384 e. The number of pyridine rings is 1. The van der Waals surface area contributed by atoms with E-state index in [1.165, 1.54) is 19.3 Å². The van der Waals surface area contributed by atoms with Gasteiger partial charge in [0, 0.05) is 6.20 Å².